The molecule has 30 heavy (non-hydrogen) atoms. The summed E-state index contributed by atoms with van der Waals surface area (Å²) in [5.41, 5.74) is 0.473. The summed E-state index contributed by atoms with van der Waals surface area (Å²) in [6, 6.07) is 15.3. The zero-order chi connectivity index (χ0) is 21.7. The number of pyridine rings is 1. The number of halogens is 2. The zero-order valence-corrected chi connectivity index (χ0v) is 17.1. The number of likely N-dealkylation sites (N-methyl/N-ethyl adjacent to an activating group) is 1. The number of aromatic nitrogens is 1. The molecule has 0 aliphatic rings. The van der Waals surface area contributed by atoms with Crippen molar-refractivity contribution in [2.45, 2.75) is 19.5 Å². The highest BCUT2D eigenvalue weighted by Crippen LogP contribution is 2.20. The number of carbonyl (C=O) groups excluding carboxylic acids is 2. The van der Waals surface area contributed by atoms with Crippen molar-refractivity contribution in [1.82, 2.24) is 9.47 Å². The van der Waals surface area contributed by atoms with Crippen LogP contribution in [-0.2, 0) is 11.3 Å². The van der Waals surface area contributed by atoms with Gasteiger partial charge in [0.25, 0.3) is 11.5 Å². The van der Waals surface area contributed by atoms with Gasteiger partial charge in [-0.15, -0.1) is 0 Å². The van der Waals surface area contributed by atoms with Crippen molar-refractivity contribution in [3.8, 4) is 0 Å². The van der Waals surface area contributed by atoms with Gasteiger partial charge in [-0.1, -0.05) is 41.9 Å². The Bertz CT molecular complexity index is 1100. The molecule has 3 aromatic rings. The lowest BCUT2D eigenvalue weighted by Crippen LogP contribution is -2.43. The van der Waals surface area contributed by atoms with Crippen LogP contribution in [0.5, 0.6) is 0 Å². The van der Waals surface area contributed by atoms with Crippen LogP contribution in [0.4, 0.5) is 4.39 Å². The van der Waals surface area contributed by atoms with Crippen LogP contribution in [0.2, 0.25) is 5.02 Å². The highest BCUT2D eigenvalue weighted by atomic mass is 35.5. The number of amides is 1. The molecule has 0 saturated carbocycles. The summed E-state index contributed by atoms with van der Waals surface area (Å²) in [5.74, 6) is -1.66. The Morgan fingerprint density at radius 1 is 1.03 bits per heavy atom. The van der Waals surface area contributed by atoms with Crippen molar-refractivity contribution < 1.29 is 14.0 Å². The van der Waals surface area contributed by atoms with Crippen molar-refractivity contribution in [3.63, 3.8) is 0 Å². The van der Waals surface area contributed by atoms with E-state index >= 15 is 0 Å². The molecular formula is C23H20ClFN2O3. The van der Waals surface area contributed by atoms with Gasteiger partial charge in [-0.2, -0.15) is 0 Å². The first kappa shape index (κ1) is 21.5. The summed E-state index contributed by atoms with van der Waals surface area (Å²) in [4.78, 5) is 40.7. The molecule has 1 aromatic heterocycles. The Balaban J connectivity index is 2.04. The van der Waals surface area contributed by atoms with Gasteiger partial charge in [-0.25, -0.2) is 4.39 Å². The zero-order valence-electron chi connectivity index (χ0n) is 16.3. The first-order valence-electron chi connectivity index (χ1n) is 9.41. The lowest BCUT2D eigenvalue weighted by atomic mass is 10.0. The molecule has 1 heterocycles. The van der Waals surface area contributed by atoms with Gasteiger partial charge in [0.05, 0.1) is 5.02 Å². The molecule has 0 bridgehead atoms. The fraction of sp³-hybridized carbons (Fsp3) is 0.174. The lowest BCUT2D eigenvalue weighted by molar-refractivity contribution is -0.133. The van der Waals surface area contributed by atoms with E-state index < -0.39 is 29.1 Å². The van der Waals surface area contributed by atoms with Crippen LogP contribution in [-0.4, -0.2) is 27.7 Å². The van der Waals surface area contributed by atoms with Gasteiger partial charge in [0.15, 0.2) is 11.8 Å². The number of nitrogens with zero attached hydrogens (tertiary/aromatic N) is 2. The van der Waals surface area contributed by atoms with E-state index in [0.29, 0.717) is 6.54 Å². The molecule has 0 saturated heterocycles. The number of benzene rings is 2. The Labute approximate surface area is 178 Å². The van der Waals surface area contributed by atoms with E-state index in [-0.39, 0.29) is 17.1 Å². The quantitative estimate of drug-likeness (QED) is 0.422. The molecule has 0 radical (unpaired) electrons. The third kappa shape index (κ3) is 4.83. The van der Waals surface area contributed by atoms with Crippen molar-refractivity contribution in [1.29, 1.82) is 0 Å². The summed E-state index contributed by atoms with van der Waals surface area (Å²) < 4.78 is 14.3. The van der Waals surface area contributed by atoms with Crippen molar-refractivity contribution >= 4 is 23.3 Å². The molecule has 1 atom stereocenters. The third-order valence-corrected chi connectivity index (χ3v) is 4.92. The Kier molecular flexibility index (Phi) is 6.79. The highest BCUT2D eigenvalue weighted by Gasteiger charge is 2.33. The Morgan fingerprint density at radius 3 is 2.33 bits per heavy atom. The Morgan fingerprint density at radius 2 is 1.70 bits per heavy atom. The van der Waals surface area contributed by atoms with Gasteiger partial charge >= 0.3 is 0 Å². The molecule has 0 N–H and O–H groups in total. The van der Waals surface area contributed by atoms with Crippen molar-refractivity contribution in [2.75, 3.05) is 6.54 Å². The van der Waals surface area contributed by atoms with Crippen LogP contribution in [0.15, 0.2) is 77.7 Å². The topological polar surface area (TPSA) is 59.4 Å². The van der Waals surface area contributed by atoms with Gasteiger partial charge in [0.2, 0.25) is 0 Å². The fourth-order valence-electron chi connectivity index (χ4n) is 3.13. The van der Waals surface area contributed by atoms with Gasteiger partial charge in [0.1, 0.15) is 5.82 Å². The predicted molar refractivity (Wildman–Crippen MR) is 113 cm³/mol. The second-order valence-electron chi connectivity index (χ2n) is 6.70. The maximum absolute atomic E-state index is 13.5. The highest BCUT2D eigenvalue weighted by molar-refractivity contribution is 6.30. The minimum atomic E-state index is -1.45. The average molecular weight is 427 g/mol. The van der Waals surface area contributed by atoms with Crippen molar-refractivity contribution in [3.05, 3.63) is 105 Å². The number of hydrogen-bond acceptors (Lipinski definition) is 3. The van der Waals surface area contributed by atoms with Gasteiger partial charge in [-0.05, 0) is 42.8 Å². The first-order valence-corrected chi connectivity index (χ1v) is 9.78. The van der Waals surface area contributed by atoms with E-state index in [2.05, 4.69) is 0 Å². The van der Waals surface area contributed by atoms with Crippen LogP contribution in [0, 0.1) is 5.82 Å². The van der Waals surface area contributed by atoms with E-state index in [4.69, 9.17) is 11.6 Å². The number of rotatable bonds is 7. The molecule has 2 aromatic carbocycles. The minimum absolute atomic E-state index is 0.123. The number of ketones is 1. The number of hydrogen-bond donors (Lipinski definition) is 0. The molecule has 0 spiro atoms. The molecule has 1 amide bonds. The first-order chi connectivity index (χ1) is 14.4. The van der Waals surface area contributed by atoms with Crippen LogP contribution in [0.3, 0.4) is 0 Å². The third-order valence-electron chi connectivity index (χ3n) is 4.70. The van der Waals surface area contributed by atoms with Crippen LogP contribution >= 0.6 is 11.6 Å². The van der Waals surface area contributed by atoms with Gasteiger partial charge in [0, 0.05) is 30.9 Å². The largest absolute Gasteiger partial charge is 0.336 e. The molecule has 3 rings (SSSR count). The molecule has 7 heteroatoms. The summed E-state index contributed by atoms with van der Waals surface area (Å²) in [6.07, 6.45) is 1.27. The molecule has 0 fully saturated rings. The van der Waals surface area contributed by atoms with Gasteiger partial charge in [-0.3, -0.25) is 19.0 Å². The lowest BCUT2D eigenvalue weighted by Gasteiger charge is -2.27. The molecule has 1 unspecified atom stereocenters. The normalized spacial score (nSPS) is 11.7. The fourth-order valence-corrected chi connectivity index (χ4v) is 3.30. The molecule has 0 aliphatic heterocycles. The minimum Gasteiger partial charge on any atom is -0.336 e. The van der Waals surface area contributed by atoms with Crippen LogP contribution in [0.1, 0.15) is 28.9 Å². The van der Waals surface area contributed by atoms with E-state index in [0.717, 1.165) is 22.3 Å². The van der Waals surface area contributed by atoms with Crippen LogP contribution < -0.4 is 5.56 Å². The van der Waals surface area contributed by atoms with E-state index in [1.807, 2.05) is 30.3 Å². The predicted octanol–water partition coefficient (Wildman–Crippen LogP) is 4.11. The second-order valence-corrected chi connectivity index (χ2v) is 7.14. The van der Waals surface area contributed by atoms with Crippen molar-refractivity contribution in [2.24, 2.45) is 0 Å². The Hall–Kier alpha value is -3.25. The molecule has 154 valence electrons. The molecule has 5 nitrogen and oxygen atoms in total. The molecular weight excluding hydrogens is 407 g/mol. The summed E-state index contributed by atoms with van der Waals surface area (Å²) >= 11 is 6.03. The van der Waals surface area contributed by atoms with E-state index in [9.17, 15) is 18.8 Å². The maximum Gasteiger partial charge on any atom is 0.254 e. The number of Topliss-reactive ketones (excluding diaryl/α,β-unsaturated/α-hetero) is 1. The smallest absolute Gasteiger partial charge is 0.254 e. The summed E-state index contributed by atoms with van der Waals surface area (Å²) in [5, 5.41) is 0.213. The van der Waals surface area contributed by atoms with Gasteiger partial charge < -0.3 is 4.90 Å². The number of carbonyl (C=O) groups is 2. The summed E-state index contributed by atoms with van der Waals surface area (Å²) in [6.45, 7) is 2.40. The van der Waals surface area contributed by atoms with E-state index in [1.165, 1.54) is 35.4 Å². The molecule has 0 aliphatic carbocycles. The SMILES string of the molecule is CCN(Cc1ccccc1)C(=O)C(C(=O)c1ccc(F)cc1)n1cc(Cl)ccc1=O. The standard InChI is InChI=1S/C23H20ClFN2O3/c1-2-26(14-16-6-4-3-5-7-16)23(30)21(27-15-18(24)10-13-20(27)28)22(29)17-8-11-19(25)12-9-17/h3-13,15,21H,2,14H2,1H3. The average Bonchev–Trinajstić information content (AvgIpc) is 2.75. The van der Waals surface area contributed by atoms with Crippen LogP contribution in [0.25, 0.3) is 0 Å². The maximum atomic E-state index is 13.5. The monoisotopic (exact) mass is 426 g/mol. The van der Waals surface area contributed by atoms with E-state index in [1.54, 1.807) is 6.92 Å². The summed E-state index contributed by atoms with van der Waals surface area (Å²) in [7, 11) is 0. The second kappa shape index (κ2) is 9.50.